The van der Waals surface area contributed by atoms with Crippen molar-refractivity contribution in [2.75, 3.05) is 20.6 Å². The van der Waals surface area contributed by atoms with Gasteiger partial charge in [0, 0.05) is 23.4 Å². The number of carbonyl (C=O) groups is 1. The molecule has 108 valence electrons. The first-order chi connectivity index (χ1) is 8.92. The van der Waals surface area contributed by atoms with Gasteiger partial charge >= 0.3 is 0 Å². The summed E-state index contributed by atoms with van der Waals surface area (Å²) in [4.78, 5) is 15.3. The second-order valence-corrected chi connectivity index (χ2v) is 6.80. The highest BCUT2D eigenvalue weighted by Gasteiger charge is 2.20. The molecule has 0 atom stereocenters. The van der Waals surface area contributed by atoms with E-state index in [2.05, 4.69) is 41.6 Å². The van der Waals surface area contributed by atoms with Gasteiger partial charge in [-0.05, 0) is 58.7 Å². The summed E-state index contributed by atoms with van der Waals surface area (Å²) in [6.45, 7) is 4.96. The fraction of sp³-hybridized carbons (Fsp3) is 0.667. The van der Waals surface area contributed by atoms with Crippen LogP contribution < -0.4 is 5.32 Å². The highest BCUT2D eigenvalue weighted by atomic mass is 32.1. The minimum atomic E-state index is 0.00658. The summed E-state index contributed by atoms with van der Waals surface area (Å²) >= 11 is 1.79. The molecule has 0 unspecified atom stereocenters. The van der Waals surface area contributed by atoms with Gasteiger partial charge in [0.25, 0.3) is 0 Å². The molecule has 1 aromatic heterocycles. The summed E-state index contributed by atoms with van der Waals surface area (Å²) < 4.78 is 0. The van der Waals surface area contributed by atoms with Crippen molar-refractivity contribution in [2.24, 2.45) is 0 Å². The maximum atomic E-state index is 11.7. The van der Waals surface area contributed by atoms with Gasteiger partial charge in [-0.3, -0.25) is 4.79 Å². The van der Waals surface area contributed by atoms with Gasteiger partial charge in [0.1, 0.15) is 0 Å². The fourth-order valence-corrected chi connectivity index (χ4v) is 2.35. The number of nitrogens with zero attached hydrogens (tertiary/aromatic N) is 1. The van der Waals surface area contributed by atoms with Gasteiger partial charge < -0.3 is 10.2 Å². The molecule has 1 aromatic rings. The number of hydrogen-bond acceptors (Lipinski definition) is 3. The van der Waals surface area contributed by atoms with Crippen LogP contribution in [0, 0.1) is 0 Å². The van der Waals surface area contributed by atoms with Crippen molar-refractivity contribution in [3.8, 4) is 0 Å². The largest absolute Gasteiger partial charge is 0.354 e. The Hall–Kier alpha value is -0.870. The lowest BCUT2D eigenvalue weighted by molar-refractivity contribution is -0.121. The van der Waals surface area contributed by atoms with Gasteiger partial charge in [-0.2, -0.15) is 0 Å². The van der Waals surface area contributed by atoms with Gasteiger partial charge in [0.05, 0.1) is 0 Å². The first kappa shape index (κ1) is 16.2. The summed E-state index contributed by atoms with van der Waals surface area (Å²) in [5.41, 5.74) is 0.00658. The molecule has 0 aliphatic heterocycles. The molecule has 0 saturated carbocycles. The molecule has 4 heteroatoms. The lowest BCUT2D eigenvalue weighted by Crippen LogP contribution is -2.48. The van der Waals surface area contributed by atoms with E-state index in [1.54, 1.807) is 11.3 Å². The number of carbonyl (C=O) groups excluding carboxylic acids is 1. The van der Waals surface area contributed by atoms with Gasteiger partial charge in [-0.15, -0.1) is 11.3 Å². The first-order valence-corrected chi connectivity index (χ1v) is 7.76. The summed E-state index contributed by atoms with van der Waals surface area (Å²) in [5, 5.41) is 5.12. The molecule has 0 bridgehead atoms. The molecule has 0 radical (unpaired) electrons. The molecule has 1 rings (SSSR count). The number of nitrogens with one attached hydrogen (secondary N) is 1. The van der Waals surface area contributed by atoms with Crippen LogP contribution in [-0.2, 0) is 11.2 Å². The summed E-state index contributed by atoms with van der Waals surface area (Å²) in [7, 11) is 4.07. The van der Waals surface area contributed by atoms with E-state index in [4.69, 9.17) is 0 Å². The van der Waals surface area contributed by atoms with Crippen molar-refractivity contribution >= 4 is 17.2 Å². The third kappa shape index (κ3) is 6.21. The number of hydrogen-bond donors (Lipinski definition) is 1. The Morgan fingerprint density at radius 2 is 2.11 bits per heavy atom. The van der Waals surface area contributed by atoms with E-state index in [9.17, 15) is 4.79 Å². The predicted molar refractivity (Wildman–Crippen MR) is 82.6 cm³/mol. The van der Waals surface area contributed by atoms with Crippen molar-refractivity contribution < 1.29 is 4.79 Å². The molecule has 19 heavy (non-hydrogen) atoms. The smallest absolute Gasteiger partial charge is 0.220 e. The van der Waals surface area contributed by atoms with E-state index in [0.717, 1.165) is 19.3 Å². The van der Waals surface area contributed by atoms with Crippen molar-refractivity contribution in [1.82, 2.24) is 10.2 Å². The molecule has 0 spiro atoms. The highest BCUT2D eigenvalue weighted by Crippen LogP contribution is 2.13. The fourth-order valence-electron chi connectivity index (χ4n) is 1.60. The van der Waals surface area contributed by atoms with Gasteiger partial charge in [0.15, 0.2) is 0 Å². The monoisotopic (exact) mass is 282 g/mol. The van der Waals surface area contributed by atoms with Crippen LogP contribution >= 0.6 is 11.3 Å². The number of rotatable bonds is 8. The van der Waals surface area contributed by atoms with Crippen molar-refractivity contribution in [1.29, 1.82) is 0 Å². The molecule has 0 aliphatic carbocycles. The molecular formula is C15H26N2OS. The molecule has 3 nitrogen and oxygen atoms in total. The van der Waals surface area contributed by atoms with E-state index < -0.39 is 0 Å². The van der Waals surface area contributed by atoms with Crippen molar-refractivity contribution in [3.05, 3.63) is 22.4 Å². The zero-order chi connectivity index (χ0) is 14.3. The Bertz CT molecular complexity index is 372. The SMILES string of the molecule is CN(C)C(C)(C)CNC(=O)CCCCc1cccs1. The third-order valence-electron chi connectivity index (χ3n) is 3.59. The Morgan fingerprint density at radius 3 is 2.68 bits per heavy atom. The van der Waals surface area contributed by atoms with E-state index in [-0.39, 0.29) is 11.4 Å². The molecule has 1 amide bonds. The highest BCUT2D eigenvalue weighted by molar-refractivity contribution is 7.09. The van der Waals surface area contributed by atoms with E-state index in [0.29, 0.717) is 13.0 Å². The Kier molecular flexibility index (Phi) is 6.52. The standard InChI is InChI=1S/C15H26N2OS/c1-15(2,17(3)4)12-16-14(18)10-6-5-8-13-9-7-11-19-13/h7,9,11H,5-6,8,10,12H2,1-4H3,(H,16,18). The van der Waals surface area contributed by atoms with Gasteiger partial charge in [0.2, 0.25) is 5.91 Å². The molecular weight excluding hydrogens is 256 g/mol. The first-order valence-electron chi connectivity index (χ1n) is 6.88. The molecule has 0 aliphatic rings. The van der Waals surface area contributed by atoms with Crippen LogP contribution in [-0.4, -0.2) is 37.0 Å². The van der Waals surface area contributed by atoms with Crippen LogP contribution in [0.15, 0.2) is 17.5 Å². The number of aryl methyl sites for hydroxylation is 1. The summed E-state index contributed by atoms with van der Waals surface area (Å²) in [6, 6.07) is 4.24. The minimum absolute atomic E-state index is 0.00658. The van der Waals surface area contributed by atoms with Crippen molar-refractivity contribution in [2.45, 2.75) is 45.1 Å². The zero-order valence-corrected chi connectivity index (χ0v) is 13.3. The molecule has 1 N–H and O–H groups in total. The normalized spacial score (nSPS) is 11.8. The van der Waals surface area contributed by atoms with E-state index in [1.807, 2.05) is 14.1 Å². The molecule has 0 fully saturated rings. The maximum absolute atomic E-state index is 11.7. The Balaban J connectivity index is 2.11. The Morgan fingerprint density at radius 1 is 1.37 bits per heavy atom. The second kappa shape index (κ2) is 7.65. The summed E-state index contributed by atoms with van der Waals surface area (Å²) in [5.74, 6) is 0.168. The van der Waals surface area contributed by atoms with Crippen LogP contribution in [0.1, 0.15) is 38.0 Å². The Labute approximate surface area is 121 Å². The average Bonchev–Trinajstić information content (AvgIpc) is 2.85. The maximum Gasteiger partial charge on any atom is 0.220 e. The second-order valence-electron chi connectivity index (χ2n) is 5.77. The number of unbranched alkanes of at least 4 members (excludes halogenated alkanes) is 1. The lowest BCUT2D eigenvalue weighted by atomic mass is 10.0. The van der Waals surface area contributed by atoms with Crippen LogP contribution in [0.25, 0.3) is 0 Å². The number of thiophene rings is 1. The zero-order valence-electron chi connectivity index (χ0n) is 12.5. The van der Waals surface area contributed by atoms with Crippen LogP contribution in [0.2, 0.25) is 0 Å². The molecule has 0 saturated heterocycles. The van der Waals surface area contributed by atoms with Gasteiger partial charge in [-0.25, -0.2) is 0 Å². The minimum Gasteiger partial charge on any atom is -0.354 e. The quantitative estimate of drug-likeness (QED) is 0.744. The molecule has 0 aromatic carbocycles. The predicted octanol–water partition coefficient (Wildman–Crippen LogP) is 2.92. The summed E-state index contributed by atoms with van der Waals surface area (Å²) in [6.07, 6.45) is 3.78. The third-order valence-corrected chi connectivity index (χ3v) is 4.52. The topological polar surface area (TPSA) is 32.3 Å². The van der Waals surface area contributed by atoms with E-state index in [1.165, 1.54) is 4.88 Å². The van der Waals surface area contributed by atoms with Crippen LogP contribution in [0.5, 0.6) is 0 Å². The lowest BCUT2D eigenvalue weighted by Gasteiger charge is -2.32. The van der Waals surface area contributed by atoms with Crippen LogP contribution in [0.4, 0.5) is 0 Å². The van der Waals surface area contributed by atoms with Gasteiger partial charge in [-0.1, -0.05) is 6.07 Å². The number of likely N-dealkylation sites (N-methyl/N-ethyl adjacent to an activating group) is 1. The van der Waals surface area contributed by atoms with Crippen LogP contribution in [0.3, 0.4) is 0 Å². The van der Waals surface area contributed by atoms with E-state index >= 15 is 0 Å². The van der Waals surface area contributed by atoms with Crippen molar-refractivity contribution in [3.63, 3.8) is 0 Å². The number of amides is 1. The molecule has 1 heterocycles. The average molecular weight is 282 g/mol.